The summed E-state index contributed by atoms with van der Waals surface area (Å²) >= 11 is 7.58. The maximum Gasteiger partial charge on any atom is 0.258 e. The van der Waals surface area contributed by atoms with E-state index in [-0.39, 0.29) is 5.56 Å². The van der Waals surface area contributed by atoms with Crippen LogP contribution in [0.15, 0.2) is 58.5 Å². The Morgan fingerprint density at radius 2 is 2.00 bits per heavy atom. The number of H-pyrrole nitrogens is 1. The molecule has 0 bridgehead atoms. The minimum absolute atomic E-state index is 0.132. The number of nitrogens with zero attached hydrogens (tertiary/aromatic N) is 4. The Labute approximate surface area is 164 Å². The van der Waals surface area contributed by atoms with E-state index < -0.39 is 0 Å². The van der Waals surface area contributed by atoms with E-state index in [1.165, 1.54) is 11.8 Å². The Kier molecular flexibility index (Phi) is 4.96. The molecule has 2 aromatic carbocycles. The first-order valence-electron chi connectivity index (χ1n) is 8.45. The molecule has 0 atom stereocenters. The van der Waals surface area contributed by atoms with Crippen LogP contribution in [0.4, 0.5) is 0 Å². The van der Waals surface area contributed by atoms with Crippen molar-refractivity contribution in [3.05, 3.63) is 69.7 Å². The zero-order valence-corrected chi connectivity index (χ0v) is 16.1. The summed E-state index contributed by atoms with van der Waals surface area (Å²) in [5, 5.41) is 10.6. The minimum Gasteiger partial charge on any atom is -0.309 e. The van der Waals surface area contributed by atoms with Crippen LogP contribution in [0.5, 0.6) is 0 Å². The predicted octanol–water partition coefficient (Wildman–Crippen LogP) is 4.15. The molecule has 0 fully saturated rings. The molecule has 2 heterocycles. The summed E-state index contributed by atoms with van der Waals surface area (Å²) in [7, 11) is 0. The van der Waals surface area contributed by atoms with Crippen molar-refractivity contribution in [3.63, 3.8) is 0 Å². The van der Waals surface area contributed by atoms with Crippen LogP contribution in [-0.2, 0) is 12.3 Å². The van der Waals surface area contributed by atoms with Crippen molar-refractivity contribution in [2.75, 3.05) is 0 Å². The van der Waals surface area contributed by atoms with Gasteiger partial charge in [0.2, 0.25) is 0 Å². The van der Waals surface area contributed by atoms with Gasteiger partial charge < -0.3 is 9.55 Å². The molecular weight excluding hydrogens is 382 g/mol. The average molecular weight is 398 g/mol. The highest BCUT2D eigenvalue weighted by molar-refractivity contribution is 7.98. The van der Waals surface area contributed by atoms with Gasteiger partial charge in [-0.1, -0.05) is 47.6 Å². The van der Waals surface area contributed by atoms with Crippen molar-refractivity contribution in [2.24, 2.45) is 0 Å². The van der Waals surface area contributed by atoms with E-state index in [1.54, 1.807) is 6.07 Å². The zero-order valence-electron chi connectivity index (χ0n) is 14.5. The first-order valence-corrected chi connectivity index (χ1v) is 9.82. The Morgan fingerprint density at radius 1 is 1.15 bits per heavy atom. The molecule has 0 saturated heterocycles. The highest BCUT2D eigenvalue weighted by Gasteiger charge is 2.14. The number of thioether (sulfide) groups is 1. The summed E-state index contributed by atoms with van der Waals surface area (Å²) in [5.41, 5.74) is 1.47. The first-order chi connectivity index (χ1) is 13.2. The van der Waals surface area contributed by atoms with Gasteiger partial charge in [-0.2, -0.15) is 0 Å². The Balaban J connectivity index is 1.61. The van der Waals surface area contributed by atoms with Gasteiger partial charge in [-0.3, -0.25) is 4.79 Å². The normalized spacial score (nSPS) is 11.2. The third-order valence-corrected chi connectivity index (χ3v) is 5.33. The SMILES string of the molecule is CCn1c(SCc2nc3ccccc3c(=O)[nH]2)nnc1-c1cccc(Cl)c1. The maximum atomic E-state index is 12.2. The van der Waals surface area contributed by atoms with E-state index in [0.29, 0.717) is 27.5 Å². The quantitative estimate of drug-likeness (QED) is 0.512. The van der Waals surface area contributed by atoms with Crippen molar-refractivity contribution in [1.29, 1.82) is 0 Å². The van der Waals surface area contributed by atoms with Gasteiger partial charge in [0.15, 0.2) is 11.0 Å². The number of halogens is 1. The maximum absolute atomic E-state index is 12.2. The van der Waals surface area contributed by atoms with E-state index in [2.05, 4.69) is 20.2 Å². The standard InChI is InChI=1S/C19H16ClN5OS/c1-2-25-17(12-6-5-7-13(20)10-12)23-24-19(25)27-11-16-21-15-9-4-3-8-14(15)18(26)22-16/h3-10H,2,11H2,1H3,(H,21,22,26). The van der Waals surface area contributed by atoms with Crippen molar-refractivity contribution in [3.8, 4) is 11.4 Å². The van der Waals surface area contributed by atoms with Crippen molar-refractivity contribution < 1.29 is 0 Å². The van der Waals surface area contributed by atoms with Crippen molar-refractivity contribution >= 4 is 34.3 Å². The number of aromatic nitrogens is 5. The summed E-state index contributed by atoms with van der Waals surface area (Å²) in [6.45, 7) is 2.76. The molecule has 6 nitrogen and oxygen atoms in total. The lowest BCUT2D eigenvalue weighted by molar-refractivity contribution is 0.687. The van der Waals surface area contributed by atoms with Gasteiger partial charge in [0.25, 0.3) is 5.56 Å². The van der Waals surface area contributed by atoms with Gasteiger partial charge in [0.1, 0.15) is 5.82 Å². The summed E-state index contributed by atoms with van der Waals surface area (Å²) in [6.07, 6.45) is 0. The molecule has 136 valence electrons. The second-order valence-corrected chi connectivity index (χ2v) is 7.26. The number of para-hydroxylation sites is 1. The average Bonchev–Trinajstić information content (AvgIpc) is 3.09. The van der Waals surface area contributed by atoms with Crippen LogP contribution >= 0.6 is 23.4 Å². The Morgan fingerprint density at radius 3 is 2.81 bits per heavy atom. The molecule has 8 heteroatoms. The molecule has 27 heavy (non-hydrogen) atoms. The number of rotatable bonds is 5. The van der Waals surface area contributed by atoms with Gasteiger partial charge in [-0.25, -0.2) is 4.98 Å². The largest absolute Gasteiger partial charge is 0.309 e. The van der Waals surface area contributed by atoms with Crippen LogP contribution in [0.3, 0.4) is 0 Å². The third-order valence-electron chi connectivity index (χ3n) is 4.12. The topological polar surface area (TPSA) is 76.5 Å². The lowest BCUT2D eigenvalue weighted by Gasteiger charge is -2.07. The number of hydrogen-bond acceptors (Lipinski definition) is 5. The third kappa shape index (κ3) is 3.61. The summed E-state index contributed by atoms with van der Waals surface area (Å²) in [5.74, 6) is 1.87. The summed E-state index contributed by atoms with van der Waals surface area (Å²) < 4.78 is 2.02. The van der Waals surface area contributed by atoms with Crippen LogP contribution in [0.25, 0.3) is 22.3 Å². The first kappa shape index (κ1) is 17.8. The van der Waals surface area contributed by atoms with E-state index >= 15 is 0 Å². The Bertz CT molecular complexity index is 1170. The van der Waals surface area contributed by atoms with Gasteiger partial charge in [-0.05, 0) is 31.2 Å². The summed E-state index contributed by atoms with van der Waals surface area (Å²) in [6, 6.07) is 14.9. The highest BCUT2D eigenvalue weighted by Crippen LogP contribution is 2.27. The minimum atomic E-state index is -0.132. The predicted molar refractivity (Wildman–Crippen MR) is 108 cm³/mol. The summed E-state index contributed by atoms with van der Waals surface area (Å²) in [4.78, 5) is 19.6. The molecule has 1 N–H and O–H groups in total. The molecule has 0 radical (unpaired) electrons. The zero-order chi connectivity index (χ0) is 18.8. The van der Waals surface area contributed by atoms with Crippen molar-refractivity contribution in [2.45, 2.75) is 24.4 Å². The van der Waals surface area contributed by atoms with Crippen LogP contribution < -0.4 is 5.56 Å². The monoisotopic (exact) mass is 397 g/mol. The molecule has 2 aromatic heterocycles. The molecular formula is C19H16ClN5OS. The fourth-order valence-corrected chi connectivity index (χ4v) is 3.92. The molecule has 0 aliphatic heterocycles. The molecule has 0 aliphatic carbocycles. The van der Waals surface area contributed by atoms with Crippen LogP contribution in [-0.4, -0.2) is 24.7 Å². The Hall–Kier alpha value is -2.64. The molecule has 0 unspecified atom stereocenters. The van der Waals surface area contributed by atoms with Crippen LogP contribution in [0, 0.1) is 0 Å². The number of benzene rings is 2. The van der Waals surface area contributed by atoms with Gasteiger partial charge in [0.05, 0.1) is 16.7 Å². The lowest BCUT2D eigenvalue weighted by Crippen LogP contribution is -2.11. The fourth-order valence-electron chi connectivity index (χ4n) is 2.86. The number of fused-ring (bicyclic) bond motifs is 1. The van der Waals surface area contributed by atoms with E-state index in [9.17, 15) is 4.79 Å². The smallest absolute Gasteiger partial charge is 0.258 e. The molecule has 4 aromatic rings. The fraction of sp³-hybridized carbons (Fsp3) is 0.158. The van der Waals surface area contributed by atoms with E-state index in [1.807, 2.05) is 54.0 Å². The second kappa shape index (κ2) is 7.54. The molecule has 0 amide bonds. The van der Waals surface area contributed by atoms with E-state index in [0.717, 1.165) is 23.1 Å². The van der Waals surface area contributed by atoms with Crippen LogP contribution in [0.2, 0.25) is 5.02 Å². The molecule has 0 spiro atoms. The molecule has 0 aliphatic rings. The number of nitrogens with one attached hydrogen (secondary N) is 1. The lowest BCUT2D eigenvalue weighted by atomic mass is 10.2. The second-order valence-electron chi connectivity index (χ2n) is 5.88. The highest BCUT2D eigenvalue weighted by atomic mass is 35.5. The molecule has 0 saturated carbocycles. The van der Waals surface area contributed by atoms with E-state index in [4.69, 9.17) is 11.6 Å². The van der Waals surface area contributed by atoms with Crippen molar-refractivity contribution in [1.82, 2.24) is 24.7 Å². The van der Waals surface area contributed by atoms with Crippen LogP contribution in [0.1, 0.15) is 12.7 Å². The van der Waals surface area contributed by atoms with Gasteiger partial charge >= 0.3 is 0 Å². The van der Waals surface area contributed by atoms with Gasteiger partial charge in [0, 0.05) is 17.1 Å². The number of hydrogen-bond donors (Lipinski definition) is 1. The van der Waals surface area contributed by atoms with Gasteiger partial charge in [-0.15, -0.1) is 10.2 Å². The molecule has 4 rings (SSSR count). The number of aromatic amines is 1.